The molecule has 4 heteroatoms. The summed E-state index contributed by atoms with van der Waals surface area (Å²) in [6, 6.07) is 5.14. The predicted octanol–water partition coefficient (Wildman–Crippen LogP) is 1.79. The first kappa shape index (κ1) is 12.6. The minimum absolute atomic E-state index is 0.630. The molecule has 3 rings (SSSR count). The number of hydrogen-bond acceptors (Lipinski definition) is 4. The van der Waals surface area contributed by atoms with E-state index >= 15 is 0 Å². The Morgan fingerprint density at radius 1 is 1.17 bits per heavy atom. The van der Waals surface area contributed by atoms with Crippen LogP contribution in [0, 0.1) is 0 Å². The van der Waals surface area contributed by atoms with Crippen molar-refractivity contribution in [3.8, 4) is 0 Å². The molecule has 0 radical (unpaired) electrons. The van der Waals surface area contributed by atoms with Gasteiger partial charge in [-0.2, -0.15) is 0 Å². The van der Waals surface area contributed by atoms with E-state index in [1.807, 2.05) is 11.3 Å². The molecular formula is C14H23N3S. The quantitative estimate of drug-likeness (QED) is 0.895. The van der Waals surface area contributed by atoms with Crippen molar-refractivity contribution >= 4 is 11.3 Å². The van der Waals surface area contributed by atoms with Gasteiger partial charge in [-0.1, -0.05) is 6.07 Å². The van der Waals surface area contributed by atoms with Gasteiger partial charge in [-0.3, -0.25) is 9.80 Å². The standard InChI is InChI=1S/C14H23N3S/c1-2-8-17(7-1)13(14-4-3-11-18-14)12-16-9-5-15-6-10-16/h3-4,11,13,15H,1-2,5-10,12H2. The van der Waals surface area contributed by atoms with Gasteiger partial charge in [0.15, 0.2) is 0 Å². The topological polar surface area (TPSA) is 18.5 Å². The van der Waals surface area contributed by atoms with E-state index in [1.54, 1.807) is 4.88 Å². The molecule has 1 aromatic rings. The molecule has 0 aliphatic carbocycles. The van der Waals surface area contributed by atoms with Crippen LogP contribution in [0.15, 0.2) is 17.5 Å². The molecule has 18 heavy (non-hydrogen) atoms. The Balaban J connectivity index is 1.68. The van der Waals surface area contributed by atoms with Crippen LogP contribution in [-0.2, 0) is 0 Å². The molecule has 0 saturated carbocycles. The molecule has 0 amide bonds. The van der Waals surface area contributed by atoms with E-state index in [0.29, 0.717) is 6.04 Å². The molecule has 2 aliphatic heterocycles. The fraction of sp³-hybridized carbons (Fsp3) is 0.714. The van der Waals surface area contributed by atoms with E-state index in [2.05, 4.69) is 32.6 Å². The second kappa shape index (κ2) is 6.15. The zero-order valence-corrected chi connectivity index (χ0v) is 11.8. The number of thiophene rings is 1. The van der Waals surface area contributed by atoms with Crippen molar-refractivity contribution in [2.75, 3.05) is 45.8 Å². The third-order valence-corrected chi connectivity index (χ3v) is 5.07. The third-order valence-electron chi connectivity index (χ3n) is 4.09. The average Bonchev–Trinajstić information content (AvgIpc) is 3.11. The Labute approximate surface area is 114 Å². The first-order valence-electron chi connectivity index (χ1n) is 7.14. The monoisotopic (exact) mass is 265 g/mol. The van der Waals surface area contributed by atoms with E-state index in [4.69, 9.17) is 0 Å². The first-order valence-corrected chi connectivity index (χ1v) is 8.02. The highest BCUT2D eigenvalue weighted by Crippen LogP contribution is 2.29. The van der Waals surface area contributed by atoms with Gasteiger partial charge in [-0.05, 0) is 37.4 Å². The molecule has 0 aromatic carbocycles. The molecule has 3 nitrogen and oxygen atoms in total. The molecule has 1 unspecified atom stereocenters. The second-order valence-corrected chi connectivity index (χ2v) is 6.30. The maximum Gasteiger partial charge on any atom is 0.0569 e. The molecule has 0 bridgehead atoms. The van der Waals surface area contributed by atoms with Gasteiger partial charge in [-0.25, -0.2) is 0 Å². The highest BCUT2D eigenvalue weighted by Gasteiger charge is 2.26. The molecule has 1 aromatic heterocycles. The molecule has 100 valence electrons. The fourth-order valence-corrected chi connectivity index (χ4v) is 3.91. The van der Waals surface area contributed by atoms with Gasteiger partial charge >= 0.3 is 0 Å². The zero-order valence-electron chi connectivity index (χ0n) is 11.0. The van der Waals surface area contributed by atoms with Gasteiger partial charge in [0.25, 0.3) is 0 Å². The Bertz CT molecular complexity index is 340. The van der Waals surface area contributed by atoms with Crippen molar-refractivity contribution < 1.29 is 0 Å². The Hall–Kier alpha value is -0.420. The summed E-state index contributed by atoms with van der Waals surface area (Å²) in [5, 5.41) is 5.66. The van der Waals surface area contributed by atoms with Crippen LogP contribution in [0.3, 0.4) is 0 Å². The van der Waals surface area contributed by atoms with Crippen molar-refractivity contribution in [3.05, 3.63) is 22.4 Å². The molecule has 3 heterocycles. The minimum atomic E-state index is 0.630. The fourth-order valence-electron chi connectivity index (χ4n) is 3.06. The van der Waals surface area contributed by atoms with Crippen LogP contribution >= 0.6 is 11.3 Å². The van der Waals surface area contributed by atoms with E-state index in [9.17, 15) is 0 Å². The second-order valence-electron chi connectivity index (χ2n) is 5.32. The average molecular weight is 265 g/mol. The number of likely N-dealkylation sites (tertiary alicyclic amines) is 1. The van der Waals surface area contributed by atoms with Crippen LogP contribution in [0.4, 0.5) is 0 Å². The number of hydrogen-bond donors (Lipinski definition) is 1. The van der Waals surface area contributed by atoms with Gasteiger partial charge < -0.3 is 5.32 Å². The lowest BCUT2D eigenvalue weighted by Gasteiger charge is -2.34. The molecular weight excluding hydrogens is 242 g/mol. The van der Waals surface area contributed by atoms with Crippen LogP contribution in [0.25, 0.3) is 0 Å². The third kappa shape index (κ3) is 2.94. The normalized spacial score (nSPS) is 24.4. The van der Waals surface area contributed by atoms with Gasteiger partial charge in [0.05, 0.1) is 6.04 Å². The maximum absolute atomic E-state index is 3.44. The largest absolute Gasteiger partial charge is 0.314 e. The van der Waals surface area contributed by atoms with Gasteiger partial charge in [-0.15, -0.1) is 11.3 Å². The molecule has 2 saturated heterocycles. The van der Waals surface area contributed by atoms with E-state index < -0.39 is 0 Å². The summed E-state index contributed by atoms with van der Waals surface area (Å²) in [5.74, 6) is 0. The molecule has 0 spiro atoms. The van der Waals surface area contributed by atoms with Crippen LogP contribution < -0.4 is 5.32 Å². The lowest BCUT2D eigenvalue weighted by atomic mass is 10.2. The summed E-state index contributed by atoms with van der Waals surface area (Å²) < 4.78 is 0. The summed E-state index contributed by atoms with van der Waals surface area (Å²) in [5.41, 5.74) is 0. The lowest BCUT2D eigenvalue weighted by molar-refractivity contribution is 0.152. The van der Waals surface area contributed by atoms with Crippen molar-refractivity contribution in [2.45, 2.75) is 18.9 Å². The summed E-state index contributed by atoms with van der Waals surface area (Å²) in [7, 11) is 0. The van der Waals surface area contributed by atoms with Crippen LogP contribution in [-0.4, -0.2) is 55.6 Å². The Morgan fingerprint density at radius 2 is 1.94 bits per heavy atom. The summed E-state index contributed by atoms with van der Waals surface area (Å²) in [4.78, 5) is 6.86. The zero-order chi connectivity index (χ0) is 12.2. The van der Waals surface area contributed by atoms with Crippen LogP contribution in [0.2, 0.25) is 0 Å². The number of piperazine rings is 1. The summed E-state index contributed by atoms with van der Waals surface area (Å²) >= 11 is 1.92. The summed E-state index contributed by atoms with van der Waals surface area (Å²) in [6.07, 6.45) is 2.76. The highest BCUT2D eigenvalue weighted by molar-refractivity contribution is 7.10. The molecule has 1 atom stereocenters. The van der Waals surface area contributed by atoms with Crippen molar-refractivity contribution in [1.82, 2.24) is 15.1 Å². The smallest absolute Gasteiger partial charge is 0.0569 e. The van der Waals surface area contributed by atoms with Gasteiger partial charge in [0.2, 0.25) is 0 Å². The first-order chi connectivity index (χ1) is 8.93. The lowest BCUT2D eigenvalue weighted by Crippen LogP contribution is -2.46. The number of nitrogens with one attached hydrogen (secondary N) is 1. The number of rotatable bonds is 4. The SMILES string of the molecule is c1csc(C(CN2CCNCC2)N2CCCC2)c1. The Kier molecular flexibility index (Phi) is 4.31. The van der Waals surface area contributed by atoms with E-state index in [-0.39, 0.29) is 0 Å². The van der Waals surface area contributed by atoms with Crippen molar-refractivity contribution in [3.63, 3.8) is 0 Å². The van der Waals surface area contributed by atoms with E-state index in [0.717, 1.165) is 13.1 Å². The maximum atomic E-state index is 3.44. The minimum Gasteiger partial charge on any atom is -0.314 e. The molecule has 2 aliphatic rings. The van der Waals surface area contributed by atoms with Gasteiger partial charge in [0, 0.05) is 37.6 Å². The van der Waals surface area contributed by atoms with Crippen molar-refractivity contribution in [1.29, 1.82) is 0 Å². The highest BCUT2D eigenvalue weighted by atomic mass is 32.1. The van der Waals surface area contributed by atoms with Gasteiger partial charge in [0.1, 0.15) is 0 Å². The summed E-state index contributed by atoms with van der Waals surface area (Å²) in [6.45, 7) is 8.49. The van der Waals surface area contributed by atoms with Crippen LogP contribution in [0.5, 0.6) is 0 Å². The van der Waals surface area contributed by atoms with Crippen LogP contribution in [0.1, 0.15) is 23.8 Å². The van der Waals surface area contributed by atoms with E-state index in [1.165, 1.54) is 45.6 Å². The predicted molar refractivity (Wildman–Crippen MR) is 77.2 cm³/mol. The molecule has 1 N–H and O–H groups in total. The molecule has 2 fully saturated rings. The Morgan fingerprint density at radius 3 is 2.61 bits per heavy atom. The van der Waals surface area contributed by atoms with Crippen molar-refractivity contribution in [2.24, 2.45) is 0 Å². The number of nitrogens with zero attached hydrogens (tertiary/aromatic N) is 2.